The molecule has 0 spiro atoms. The number of fused-ring (bicyclic) bond motifs is 1. The van der Waals surface area contributed by atoms with Crippen molar-refractivity contribution < 1.29 is 37.6 Å². The highest BCUT2D eigenvalue weighted by Gasteiger charge is 2.28. The van der Waals surface area contributed by atoms with Gasteiger partial charge >= 0.3 is 5.97 Å². The molecule has 5 heterocycles. The fourth-order valence-corrected chi connectivity index (χ4v) is 7.71. The van der Waals surface area contributed by atoms with Gasteiger partial charge in [-0.05, 0) is 110 Å². The highest BCUT2D eigenvalue weighted by atomic mass is 19.1. The molecule has 0 radical (unpaired) electrons. The van der Waals surface area contributed by atoms with Gasteiger partial charge in [0.1, 0.15) is 47.1 Å². The Labute approximate surface area is 385 Å². The number of aliphatic hydroxyl groups is 1. The third kappa shape index (κ3) is 10.1. The summed E-state index contributed by atoms with van der Waals surface area (Å²) in [6.45, 7) is 5.25. The second-order valence-electron chi connectivity index (χ2n) is 15.4. The number of aryl methyl sites for hydroxylation is 2. The number of nitrogens with zero attached hydrogens (tertiary/aromatic N) is 8. The van der Waals surface area contributed by atoms with Crippen LogP contribution in [0, 0.1) is 25.5 Å². The largest absolute Gasteiger partial charge is 0.495 e. The van der Waals surface area contributed by atoms with Crippen molar-refractivity contribution in [1.29, 1.82) is 0 Å². The summed E-state index contributed by atoms with van der Waals surface area (Å²) in [5.41, 5.74) is 9.23. The Bertz CT molecular complexity index is 3070. The average Bonchev–Trinajstić information content (AvgIpc) is 4.15. The molecule has 342 valence electrons. The maximum absolute atomic E-state index is 13.5. The Morgan fingerprint density at radius 3 is 1.72 bits per heavy atom. The van der Waals surface area contributed by atoms with Gasteiger partial charge in [-0.1, -0.05) is 24.3 Å². The molecule has 0 aliphatic carbocycles. The van der Waals surface area contributed by atoms with E-state index >= 15 is 0 Å². The monoisotopic (exact) mass is 906 g/mol. The lowest BCUT2D eigenvalue weighted by atomic mass is 10.1. The average molecular weight is 907 g/mol. The van der Waals surface area contributed by atoms with Crippen molar-refractivity contribution in [2.24, 2.45) is 0 Å². The molecule has 9 rings (SSSR count). The van der Waals surface area contributed by atoms with Crippen molar-refractivity contribution in [3.63, 3.8) is 0 Å². The molecule has 0 saturated heterocycles. The highest BCUT2D eigenvalue weighted by Crippen LogP contribution is 2.31. The first-order valence-electron chi connectivity index (χ1n) is 21.3. The van der Waals surface area contributed by atoms with E-state index < -0.39 is 5.97 Å². The third-order valence-corrected chi connectivity index (χ3v) is 10.9. The number of imidazole rings is 4. The summed E-state index contributed by atoms with van der Waals surface area (Å²) in [5, 5.41) is 9.66. The summed E-state index contributed by atoms with van der Waals surface area (Å²) >= 11 is 0. The maximum atomic E-state index is 13.5. The number of halogens is 2. The van der Waals surface area contributed by atoms with Crippen molar-refractivity contribution in [1.82, 2.24) is 38.2 Å². The molecule has 4 aromatic carbocycles. The van der Waals surface area contributed by atoms with E-state index in [1.165, 1.54) is 24.3 Å². The van der Waals surface area contributed by atoms with E-state index in [0.717, 1.165) is 45.1 Å². The van der Waals surface area contributed by atoms with Gasteiger partial charge in [-0.25, -0.2) is 33.5 Å². The quantitative estimate of drug-likeness (QED) is 0.105. The summed E-state index contributed by atoms with van der Waals surface area (Å²) in [7, 11) is 4.87. The Kier molecular flexibility index (Phi) is 13.9. The third-order valence-electron chi connectivity index (χ3n) is 10.9. The molecule has 67 heavy (non-hydrogen) atoms. The summed E-state index contributed by atoms with van der Waals surface area (Å²) in [5.74, 6) is 1.60. The standard InChI is InChI=1S/C26H27FN4O3.C25H21FN4O3/c1-18-15-30(17-28-18)22-10-4-19(14-24(22)34-3)5-11-25-29-26(20-6-8-21(27)9-7-20)23(16-33-2)31(25)12-13-32;1-16-14-29(15-27-16)20-9-3-17(13-21(20)32-2)4-10-22-28-23(18-5-7-19(26)8-6-18)24-25(31)33-12-11-30(22)24/h4-11,14-15,17,32H,12-13,16H2,1-3H3;3-10,13-15H,11-12H2,1-2H3/b11-5+;10-4+. The first-order chi connectivity index (χ1) is 32.6. The molecule has 8 aromatic rings. The lowest BCUT2D eigenvalue weighted by Gasteiger charge is -2.16. The van der Waals surface area contributed by atoms with Gasteiger partial charge in [-0.3, -0.25) is 0 Å². The number of hydrogen-bond acceptors (Lipinski definition) is 10. The fourth-order valence-electron chi connectivity index (χ4n) is 7.71. The normalized spacial score (nSPS) is 12.3. The number of hydrogen-bond donors (Lipinski definition) is 1. The summed E-state index contributed by atoms with van der Waals surface area (Å²) in [4.78, 5) is 30.5. The molecule has 1 aliphatic heterocycles. The highest BCUT2D eigenvalue weighted by molar-refractivity contribution is 5.96. The van der Waals surface area contributed by atoms with Crippen LogP contribution in [0.2, 0.25) is 0 Å². The predicted molar refractivity (Wildman–Crippen MR) is 251 cm³/mol. The molecule has 0 saturated carbocycles. The van der Waals surface area contributed by atoms with Crippen molar-refractivity contribution >= 4 is 30.3 Å². The topological polar surface area (TPSA) is 146 Å². The number of esters is 1. The minimum atomic E-state index is -0.436. The smallest absolute Gasteiger partial charge is 0.357 e. The molecule has 0 unspecified atom stereocenters. The molecule has 16 heteroatoms. The SMILES string of the molecule is COCc1c(-c2ccc(F)cc2)nc(/C=C/c2ccc(-n3cnc(C)c3)c(OC)c2)n1CCO.COc1cc(/C=C/c2nc(-c3ccc(F)cc3)c3n2CCOC3=O)ccc1-n1cnc(C)c1. The van der Waals surface area contributed by atoms with Crippen molar-refractivity contribution in [2.45, 2.75) is 33.5 Å². The zero-order chi connectivity index (χ0) is 47.0. The van der Waals surface area contributed by atoms with Gasteiger partial charge in [-0.2, -0.15) is 0 Å². The number of methoxy groups -OCH3 is 3. The minimum absolute atomic E-state index is 0.0520. The van der Waals surface area contributed by atoms with E-state index in [0.29, 0.717) is 65.5 Å². The van der Waals surface area contributed by atoms with Crippen molar-refractivity contribution in [3.8, 4) is 45.4 Å². The van der Waals surface area contributed by atoms with Crippen LogP contribution in [-0.2, 0) is 29.2 Å². The number of cyclic esters (lactones) is 1. The van der Waals surface area contributed by atoms with Crippen LogP contribution in [0.25, 0.3) is 58.2 Å². The van der Waals surface area contributed by atoms with Crippen LogP contribution >= 0.6 is 0 Å². The zero-order valence-corrected chi connectivity index (χ0v) is 37.6. The van der Waals surface area contributed by atoms with E-state index in [1.807, 2.05) is 105 Å². The van der Waals surface area contributed by atoms with E-state index in [-0.39, 0.29) is 24.8 Å². The second-order valence-corrected chi connectivity index (χ2v) is 15.4. The lowest BCUT2D eigenvalue weighted by Crippen LogP contribution is -2.23. The van der Waals surface area contributed by atoms with Crippen LogP contribution in [0.15, 0.2) is 110 Å². The van der Waals surface area contributed by atoms with Gasteiger partial charge in [0, 0.05) is 37.2 Å². The Morgan fingerprint density at radius 2 is 1.22 bits per heavy atom. The van der Waals surface area contributed by atoms with Crippen molar-refractivity contribution in [3.05, 3.63) is 167 Å². The number of aromatic nitrogens is 8. The Hall–Kier alpha value is -7.95. The summed E-state index contributed by atoms with van der Waals surface area (Å²) in [6, 6.07) is 23.9. The van der Waals surface area contributed by atoms with Crippen LogP contribution in [0.4, 0.5) is 8.78 Å². The summed E-state index contributed by atoms with van der Waals surface area (Å²) in [6.07, 6.45) is 15.0. The molecule has 4 aromatic heterocycles. The van der Waals surface area contributed by atoms with E-state index in [2.05, 4.69) is 15.0 Å². The molecule has 14 nitrogen and oxygen atoms in total. The van der Waals surface area contributed by atoms with Crippen LogP contribution < -0.4 is 9.47 Å². The number of rotatable bonds is 14. The molecule has 0 fully saturated rings. The van der Waals surface area contributed by atoms with E-state index in [9.17, 15) is 18.7 Å². The van der Waals surface area contributed by atoms with Crippen LogP contribution in [0.5, 0.6) is 11.5 Å². The number of benzene rings is 4. The van der Waals surface area contributed by atoms with E-state index in [1.54, 1.807) is 58.2 Å². The van der Waals surface area contributed by atoms with Gasteiger partial charge in [0.15, 0.2) is 5.69 Å². The van der Waals surface area contributed by atoms with Gasteiger partial charge in [0.05, 0.1) is 80.8 Å². The predicted octanol–water partition coefficient (Wildman–Crippen LogP) is 9.03. The minimum Gasteiger partial charge on any atom is -0.495 e. The number of carbonyl (C=O) groups excluding carboxylic acids is 1. The first-order valence-corrected chi connectivity index (χ1v) is 21.3. The van der Waals surface area contributed by atoms with Gasteiger partial charge in [0.25, 0.3) is 0 Å². The molecule has 1 aliphatic rings. The van der Waals surface area contributed by atoms with Gasteiger partial charge in [-0.15, -0.1) is 0 Å². The molecular weight excluding hydrogens is 859 g/mol. The van der Waals surface area contributed by atoms with Gasteiger partial charge < -0.3 is 42.3 Å². The maximum Gasteiger partial charge on any atom is 0.357 e. The molecule has 0 bridgehead atoms. The molecule has 0 atom stereocenters. The number of aliphatic hydroxyl groups excluding tert-OH is 1. The molecule has 0 amide bonds. The van der Waals surface area contributed by atoms with Crippen LogP contribution in [-0.4, -0.2) is 83.8 Å². The molecule has 1 N–H and O–H groups in total. The zero-order valence-electron chi connectivity index (χ0n) is 37.6. The first kappa shape index (κ1) is 45.6. The van der Waals surface area contributed by atoms with Gasteiger partial charge in [0.2, 0.25) is 0 Å². The fraction of sp³-hybridized carbons (Fsp3) is 0.196. The van der Waals surface area contributed by atoms with Crippen LogP contribution in [0.3, 0.4) is 0 Å². The Balaban J connectivity index is 0.000000182. The Morgan fingerprint density at radius 1 is 0.701 bits per heavy atom. The van der Waals surface area contributed by atoms with Crippen LogP contribution in [0.1, 0.15) is 50.3 Å². The lowest BCUT2D eigenvalue weighted by molar-refractivity contribution is 0.0423. The number of ether oxygens (including phenoxy) is 4. The van der Waals surface area contributed by atoms with Crippen molar-refractivity contribution in [2.75, 3.05) is 34.5 Å². The van der Waals surface area contributed by atoms with E-state index in [4.69, 9.17) is 23.9 Å². The number of carbonyl (C=O) groups is 1. The second kappa shape index (κ2) is 20.5. The summed E-state index contributed by atoms with van der Waals surface area (Å²) < 4.78 is 56.2. The molecular formula is C51H48F2N8O6.